The monoisotopic (exact) mass is 371 g/mol. The fourth-order valence-electron chi connectivity index (χ4n) is 2.60. The second kappa shape index (κ2) is 10.9. The van der Waals surface area contributed by atoms with Gasteiger partial charge in [0.05, 0.1) is 13.2 Å². The van der Waals surface area contributed by atoms with Crippen LogP contribution in [0.1, 0.15) is 43.7 Å². The van der Waals surface area contributed by atoms with Gasteiger partial charge in [-0.1, -0.05) is 0 Å². The van der Waals surface area contributed by atoms with Crippen molar-refractivity contribution in [1.82, 2.24) is 4.90 Å². The van der Waals surface area contributed by atoms with Gasteiger partial charge in [0.2, 0.25) is 0 Å². The maximum Gasteiger partial charge on any atom is 0.325 e. The van der Waals surface area contributed by atoms with E-state index in [1.165, 1.54) is 12.1 Å². The van der Waals surface area contributed by atoms with Crippen LogP contribution in [0.25, 0.3) is 0 Å². The highest BCUT2D eigenvalue weighted by atomic mass is 19.1. The van der Waals surface area contributed by atoms with Crippen molar-refractivity contribution in [2.45, 2.75) is 39.0 Å². The Balaban J connectivity index is 3.04. The summed E-state index contributed by atoms with van der Waals surface area (Å²) >= 11 is 0. The van der Waals surface area contributed by atoms with Crippen molar-refractivity contribution < 1.29 is 27.8 Å². The van der Waals surface area contributed by atoms with Crippen molar-refractivity contribution in [2.75, 3.05) is 33.9 Å². The lowest BCUT2D eigenvalue weighted by molar-refractivity contribution is -0.157. The first kappa shape index (κ1) is 22.0. The number of nitrogens with zero attached hydrogens (tertiary/aromatic N) is 1. The number of unbranched alkanes of at least 4 members (excludes halogenated alkanes) is 1. The molecule has 0 heterocycles. The SMILES string of the molecule is CCOC(=O)C(C(=O)OCC)c1c(F)cc(CCCCN(C)C)cc1F. The summed E-state index contributed by atoms with van der Waals surface area (Å²) in [6.45, 7) is 3.95. The van der Waals surface area contributed by atoms with Gasteiger partial charge >= 0.3 is 11.9 Å². The van der Waals surface area contributed by atoms with Gasteiger partial charge in [0.15, 0.2) is 5.92 Å². The number of carbonyl (C=O) groups is 2. The molecular weight excluding hydrogens is 344 g/mol. The van der Waals surface area contributed by atoms with Gasteiger partial charge in [-0.2, -0.15) is 0 Å². The van der Waals surface area contributed by atoms with Crippen LogP contribution < -0.4 is 0 Å². The zero-order valence-electron chi connectivity index (χ0n) is 15.8. The highest BCUT2D eigenvalue weighted by Crippen LogP contribution is 2.27. The lowest BCUT2D eigenvalue weighted by Crippen LogP contribution is -2.28. The largest absolute Gasteiger partial charge is 0.465 e. The molecular formula is C19H27F2NO4. The molecule has 7 heteroatoms. The lowest BCUT2D eigenvalue weighted by Gasteiger charge is -2.17. The predicted molar refractivity (Wildman–Crippen MR) is 93.9 cm³/mol. The molecule has 0 bridgehead atoms. The van der Waals surface area contributed by atoms with Crippen molar-refractivity contribution >= 4 is 11.9 Å². The van der Waals surface area contributed by atoms with Crippen molar-refractivity contribution in [3.05, 3.63) is 34.9 Å². The molecule has 0 atom stereocenters. The molecule has 0 aliphatic heterocycles. The Labute approximate surface area is 153 Å². The van der Waals surface area contributed by atoms with Crippen molar-refractivity contribution in [2.24, 2.45) is 0 Å². The van der Waals surface area contributed by atoms with Gasteiger partial charge in [-0.3, -0.25) is 9.59 Å². The Hall–Kier alpha value is -2.02. The van der Waals surface area contributed by atoms with E-state index in [1.807, 2.05) is 19.0 Å². The summed E-state index contributed by atoms with van der Waals surface area (Å²) < 4.78 is 38.7. The third kappa shape index (κ3) is 6.37. The standard InChI is InChI=1S/C19H27F2NO4/c1-5-25-18(23)17(19(24)26-6-2)16-14(20)11-13(12-15(16)21)9-7-8-10-22(3)4/h11-12,17H,5-10H2,1-4H3. The Morgan fingerprint density at radius 1 is 1.00 bits per heavy atom. The molecule has 0 saturated heterocycles. The van der Waals surface area contributed by atoms with E-state index in [9.17, 15) is 18.4 Å². The first-order chi connectivity index (χ1) is 12.3. The van der Waals surface area contributed by atoms with Gasteiger partial charge in [-0.15, -0.1) is 0 Å². The second-order valence-electron chi connectivity index (χ2n) is 6.17. The molecule has 5 nitrogen and oxygen atoms in total. The van der Waals surface area contributed by atoms with Crippen molar-refractivity contribution in [3.63, 3.8) is 0 Å². The number of aryl methyl sites for hydroxylation is 1. The summed E-state index contributed by atoms with van der Waals surface area (Å²) in [5.41, 5.74) is -0.145. The minimum Gasteiger partial charge on any atom is -0.465 e. The average molecular weight is 371 g/mol. The fraction of sp³-hybridized carbons (Fsp3) is 0.579. The Morgan fingerprint density at radius 3 is 1.92 bits per heavy atom. The molecule has 0 aliphatic rings. The molecule has 146 valence electrons. The van der Waals surface area contributed by atoms with E-state index in [1.54, 1.807) is 13.8 Å². The molecule has 1 aromatic carbocycles. The Bertz CT molecular complexity index is 579. The molecule has 0 aromatic heterocycles. The van der Waals surface area contributed by atoms with E-state index in [4.69, 9.17) is 9.47 Å². The third-order valence-corrected chi connectivity index (χ3v) is 3.79. The van der Waals surface area contributed by atoms with Crippen LogP contribution in [-0.4, -0.2) is 50.7 Å². The quantitative estimate of drug-likeness (QED) is 0.359. The topological polar surface area (TPSA) is 55.8 Å². The normalized spacial score (nSPS) is 11.1. The van der Waals surface area contributed by atoms with E-state index in [0.717, 1.165) is 19.4 Å². The summed E-state index contributed by atoms with van der Waals surface area (Å²) in [6.07, 6.45) is 2.17. The molecule has 0 aliphatic carbocycles. The van der Waals surface area contributed by atoms with E-state index in [2.05, 4.69) is 0 Å². The first-order valence-corrected chi connectivity index (χ1v) is 8.77. The second-order valence-corrected chi connectivity index (χ2v) is 6.17. The fourth-order valence-corrected chi connectivity index (χ4v) is 2.60. The number of hydrogen-bond donors (Lipinski definition) is 0. The van der Waals surface area contributed by atoms with Crippen LogP contribution in [-0.2, 0) is 25.5 Å². The average Bonchev–Trinajstić information content (AvgIpc) is 2.55. The summed E-state index contributed by atoms with van der Waals surface area (Å²) in [4.78, 5) is 26.2. The van der Waals surface area contributed by atoms with Gasteiger partial charge in [0.25, 0.3) is 0 Å². The van der Waals surface area contributed by atoms with Gasteiger partial charge in [0, 0.05) is 5.56 Å². The maximum atomic E-state index is 14.5. The lowest BCUT2D eigenvalue weighted by atomic mass is 9.95. The third-order valence-electron chi connectivity index (χ3n) is 3.79. The van der Waals surface area contributed by atoms with Crippen LogP contribution in [0.3, 0.4) is 0 Å². The zero-order valence-corrected chi connectivity index (χ0v) is 15.8. The summed E-state index contributed by atoms with van der Waals surface area (Å²) in [6, 6.07) is 2.33. The van der Waals surface area contributed by atoms with Gasteiger partial charge in [0.1, 0.15) is 11.6 Å². The molecule has 26 heavy (non-hydrogen) atoms. The van der Waals surface area contributed by atoms with Crippen LogP contribution in [0, 0.1) is 11.6 Å². The van der Waals surface area contributed by atoms with Crippen LogP contribution in [0.4, 0.5) is 8.78 Å². The maximum absolute atomic E-state index is 14.5. The summed E-state index contributed by atoms with van der Waals surface area (Å²) in [5.74, 6) is -5.71. The molecule has 1 rings (SSSR count). The molecule has 1 aromatic rings. The molecule has 0 spiro atoms. The number of rotatable bonds is 10. The number of carbonyl (C=O) groups excluding carboxylic acids is 2. The van der Waals surface area contributed by atoms with Crippen LogP contribution in [0.5, 0.6) is 0 Å². The number of esters is 2. The zero-order chi connectivity index (χ0) is 19.7. The van der Waals surface area contributed by atoms with E-state index >= 15 is 0 Å². The van der Waals surface area contributed by atoms with Crippen molar-refractivity contribution in [3.8, 4) is 0 Å². The van der Waals surface area contributed by atoms with E-state index in [0.29, 0.717) is 12.0 Å². The van der Waals surface area contributed by atoms with Gasteiger partial charge in [-0.25, -0.2) is 8.78 Å². The highest BCUT2D eigenvalue weighted by Gasteiger charge is 2.36. The minimum absolute atomic E-state index is 0.0120. The van der Waals surface area contributed by atoms with Crippen molar-refractivity contribution in [1.29, 1.82) is 0 Å². The molecule has 0 saturated carbocycles. The molecule has 0 N–H and O–H groups in total. The number of benzene rings is 1. The molecule has 0 unspecified atom stereocenters. The molecule has 0 amide bonds. The number of ether oxygens (including phenoxy) is 2. The van der Waals surface area contributed by atoms with E-state index < -0.39 is 35.1 Å². The van der Waals surface area contributed by atoms with Gasteiger partial charge in [-0.05, 0) is 71.4 Å². The van der Waals surface area contributed by atoms with Crippen LogP contribution in [0.2, 0.25) is 0 Å². The Morgan fingerprint density at radius 2 is 1.50 bits per heavy atom. The van der Waals surface area contributed by atoms with Crippen LogP contribution in [0.15, 0.2) is 12.1 Å². The number of halogens is 2. The molecule has 0 fully saturated rings. The molecule has 0 radical (unpaired) electrons. The van der Waals surface area contributed by atoms with Crippen LogP contribution >= 0.6 is 0 Å². The van der Waals surface area contributed by atoms with Gasteiger partial charge < -0.3 is 14.4 Å². The summed E-state index contributed by atoms with van der Waals surface area (Å²) in [5, 5.41) is 0. The highest BCUT2D eigenvalue weighted by molar-refractivity contribution is 6.01. The smallest absolute Gasteiger partial charge is 0.325 e. The predicted octanol–water partition coefficient (Wildman–Crippen LogP) is 3.06. The first-order valence-electron chi connectivity index (χ1n) is 8.77. The number of hydrogen-bond acceptors (Lipinski definition) is 5. The summed E-state index contributed by atoms with van der Waals surface area (Å²) in [7, 11) is 3.91. The van der Waals surface area contributed by atoms with E-state index in [-0.39, 0.29) is 13.2 Å². The minimum atomic E-state index is -1.77. The Kier molecular flexibility index (Phi) is 9.19.